The van der Waals surface area contributed by atoms with E-state index in [4.69, 9.17) is 5.73 Å². The van der Waals surface area contributed by atoms with Crippen molar-refractivity contribution in [1.82, 2.24) is 5.32 Å². The first-order chi connectivity index (χ1) is 10.3. The van der Waals surface area contributed by atoms with Crippen LogP contribution in [0.25, 0.3) is 0 Å². The summed E-state index contributed by atoms with van der Waals surface area (Å²) in [4.78, 5) is 23.2. The molecule has 22 heavy (non-hydrogen) atoms. The number of carbonyl (C=O) groups is 2. The van der Waals surface area contributed by atoms with Crippen molar-refractivity contribution in [2.24, 2.45) is 5.73 Å². The predicted molar refractivity (Wildman–Crippen MR) is 75.9 cm³/mol. The standard InChI is InChI=1S/C15H17F3N2O2/c1-2-3-4-5-12(13(19)21)20-14(22)10-6-8-11(9-7-10)15(16,17)18/h2,6-9,12H,1,3-5H2,(H2,19,21)(H,20,22)/t12-/m1/s1. The average molecular weight is 314 g/mol. The highest BCUT2D eigenvalue weighted by molar-refractivity contribution is 5.97. The van der Waals surface area contributed by atoms with Crippen LogP contribution in [0.3, 0.4) is 0 Å². The molecule has 0 bridgehead atoms. The van der Waals surface area contributed by atoms with Gasteiger partial charge in [0.05, 0.1) is 5.56 Å². The van der Waals surface area contributed by atoms with Crippen LogP contribution in [0.4, 0.5) is 13.2 Å². The molecule has 1 rings (SSSR count). The van der Waals surface area contributed by atoms with E-state index in [2.05, 4.69) is 11.9 Å². The molecular formula is C15H17F3N2O2. The fourth-order valence-corrected chi connectivity index (χ4v) is 1.80. The highest BCUT2D eigenvalue weighted by Gasteiger charge is 2.30. The molecule has 1 aromatic carbocycles. The molecule has 7 heteroatoms. The maximum absolute atomic E-state index is 12.4. The molecule has 0 aliphatic heterocycles. The third kappa shape index (κ3) is 5.23. The van der Waals surface area contributed by atoms with Crippen LogP contribution >= 0.6 is 0 Å². The smallest absolute Gasteiger partial charge is 0.368 e. The number of amides is 2. The van der Waals surface area contributed by atoms with Crippen molar-refractivity contribution >= 4 is 11.8 Å². The van der Waals surface area contributed by atoms with Gasteiger partial charge in [-0.05, 0) is 43.5 Å². The molecule has 0 radical (unpaired) electrons. The van der Waals surface area contributed by atoms with E-state index in [0.717, 1.165) is 24.3 Å². The van der Waals surface area contributed by atoms with Crippen molar-refractivity contribution in [3.05, 3.63) is 48.0 Å². The summed E-state index contributed by atoms with van der Waals surface area (Å²) in [5.41, 5.74) is 4.38. The molecule has 3 N–H and O–H groups in total. The summed E-state index contributed by atoms with van der Waals surface area (Å²) >= 11 is 0. The largest absolute Gasteiger partial charge is 0.416 e. The van der Waals surface area contributed by atoms with E-state index in [1.807, 2.05) is 0 Å². The molecule has 0 unspecified atom stereocenters. The maximum atomic E-state index is 12.4. The molecule has 4 nitrogen and oxygen atoms in total. The summed E-state index contributed by atoms with van der Waals surface area (Å²) < 4.78 is 37.3. The van der Waals surface area contributed by atoms with Crippen LogP contribution in [0.1, 0.15) is 35.2 Å². The van der Waals surface area contributed by atoms with Gasteiger partial charge in [0.15, 0.2) is 0 Å². The number of benzene rings is 1. The van der Waals surface area contributed by atoms with Crippen molar-refractivity contribution in [3.8, 4) is 0 Å². The molecule has 1 aromatic rings. The number of allylic oxidation sites excluding steroid dienone is 1. The van der Waals surface area contributed by atoms with Crippen molar-refractivity contribution < 1.29 is 22.8 Å². The normalized spacial score (nSPS) is 12.5. The van der Waals surface area contributed by atoms with Crippen molar-refractivity contribution in [2.75, 3.05) is 0 Å². The van der Waals surface area contributed by atoms with Crippen LogP contribution in [0.5, 0.6) is 0 Å². The molecule has 0 saturated carbocycles. The number of nitrogens with two attached hydrogens (primary N) is 1. The lowest BCUT2D eigenvalue weighted by atomic mass is 10.1. The van der Waals surface area contributed by atoms with E-state index < -0.39 is 29.6 Å². The topological polar surface area (TPSA) is 72.2 Å². The number of carbonyl (C=O) groups excluding carboxylic acids is 2. The van der Waals surface area contributed by atoms with Crippen LogP contribution in [0, 0.1) is 0 Å². The van der Waals surface area contributed by atoms with Gasteiger partial charge < -0.3 is 11.1 Å². The molecule has 0 spiro atoms. The summed E-state index contributed by atoms with van der Waals surface area (Å²) in [5.74, 6) is -1.33. The lowest BCUT2D eigenvalue weighted by Crippen LogP contribution is -2.44. The number of rotatable bonds is 7. The Morgan fingerprint density at radius 3 is 2.32 bits per heavy atom. The number of hydrogen-bond donors (Lipinski definition) is 2. The van der Waals surface area contributed by atoms with Gasteiger partial charge in [-0.1, -0.05) is 6.08 Å². The molecule has 0 aliphatic carbocycles. The van der Waals surface area contributed by atoms with Crippen LogP contribution in [-0.2, 0) is 11.0 Å². The summed E-state index contributed by atoms with van der Waals surface area (Å²) in [6, 6.07) is 2.87. The van der Waals surface area contributed by atoms with Gasteiger partial charge in [-0.15, -0.1) is 6.58 Å². The molecule has 0 fully saturated rings. The van der Waals surface area contributed by atoms with E-state index in [9.17, 15) is 22.8 Å². The fraction of sp³-hybridized carbons (Fsp3) is 0.333. The first-order valence-electron chi connectivity index (χ1n) is 6.64. The Bertz CT molecular complexity index is 539. The van der Waals surface area contributed by atoms with E-state index >= 15 is 0 Å². The predicted octanol–water partition coefficient (Wildman–Crippen LogP) is 2.65. The second-order valence-corrected chi connectivity index (χ2v) is 4.72. The van der Waals surface area contributed by atoms with E-state index in [0.29, 0.717) is 19.3 Å². The number of halogens is 3. The van der Waals surface area contributed by atoms with Gasteiger partial charge in [0.1, 0.15) is 6.04 Å². The second kappa shape index (κ2) is 7.63. The second-order valence-electron chi connectivity index (χ2n) is 4.72. The van der Waals surface area contributed by atoms with Gasteiger partial charge >= 0.3 is 6.18 Å². The molecular weight excluding hydrogens is 297 g/mol. The molecule has 1 atom stereocenters. The molecule has 0 aromatic heterocycles. The Hall–Kier alpha value is -2.31. The summed E-state index contributed by atoms with van der Waals surface area (Å²) in [7, 11) is 0. The summed E-state index contributed by atoms with van der Waals surface area (Å²) in [6.45, 7) is 3.54. The number of primary amides is 1. The third-order valence-electron chi connectivity index (χ3n) is 3.02. The summed E-state index contributed by atoms with van der Waals surface area (Å²) in [5, 5.41) is 2.42. The first kappa shape index (κ1) is 17.7. The van der Waals surface area contributed by atoms with Gasteiger partial charge in [-0.25, -0.2) is 0 Å². The van der Waals surface area contributed by atoms with Crippen LogP contribution < -0.4 is 11.1 Å². The van der Waals surface area contributed by atoms with Crippen molar-refractivity contribution in [1.29, 1.82) is 0 Å². The minimum Gasteiger partial charge on any atom is -0.368 e. The Morgan fingerprint density at radius 1 is 1.27 bits per heavy atom. The first-order valence-corrected chi connectivity index (χ1v) is 6.64. The van der Waals surface area contributed by atoms with E-state index in [1.54, 1.807) is 6.08 Å². The minimum absolute atomic E-state index is 0.0305. The molecule has 2 amide bonds. The molecule has 0 saturated heterocycles. The number of hydrogen-bond acceptors (Lipinski definition) is 2. The SMILES string of the molecule is C=CCCC[C@@H](NC(=O)c1ccc(C(F)(F)F)cc1)C(N)=O. The lowest BCUT2D eigenvalue weighted by Gasteiger charge is -2.15. The van der Waals surface area contributed by atoms with Gasteiger partial charge in [0.25, 0.3) is 5.91 Å². The Morgan fingerprint density at radius 2 is 1.86 bits per heavy atom. The zero-order valence-electron chi connectivity index (χ0n) is 11.8. The molecule has 120 valence electrons. The third-order valence-corrected chi connectivity index (χ3v) is 3.02. The number of nitrogens with one attached hydrogen (secondary N) is 1. The van der Waals surface area contributed by atoms with Gasteiger partial charge in [0, 0.05) is 5.56 Å². The van der Waals surface area contributed by atoms with Gasteiger partial charge in [-0.2, -0.15) is 13.2 Å². The number of alkyl halides is 3. The number of unbranched alkanes of at least 4 members (excludes halogenated alkanes) is 1. The zero-order chi connectivity index (χ0) is 16.8. The Labute approximate surface area is 126 Å². The maximum Gasteiger partial charge on any atom is 0.416 e. The van der Waals surface area contributed by atoms with Crippen molar-refractivity contribution in [2.45, 2.75) is 31.5 Å². The quantitative estimate of drug-likeness (QED) is 0.600. The van der Waals surface area contributed by atoms with Crippen LogP contribution in [0.2, 0.25) is 0 Å². The van der Waals surface area contributed by atoms with Crippen LogP contribution in [0.15, 0.2) is 36.9 Å². The van der Waals surface area contributed by atoms with Gasteiger partial charge in [-0.3, -0.25) is 9.59 Å². The van der Waals surface area contributed by atoms with E-state index in [1.165, 1.54) is 0 Å². The Balaban J connectivity index is 2.73. The highest BCUT2D eigenvalue weighted by Crippen LogP contribution is 2.29. The average Bonchev–Trinajstić information content (AvgIpc) is 2.45. The Kier molecular flexibility index (Phi) is 6.15. The van der Waals surface area contributed by atoms with Crippen molar-refractivity contribution in [3.63, 3.8) is 0 Å². The molecule has 0 heterocycles. The fourth-order valence-electron chi connectivity index (χ4n) is 1.80. The van der Waals surface area contributed by atoms with E-state index in [-0.39, 0.29) is 5.56 Å². The van der Waals surface area contributed by atoms with Crippen LogP contribution in [-0.4, -0.2) is 17.9 Å². The highest BCUT2D eigenvalue weighted by atomic mass is 19.4. The molecule has 0 aliphatic rings. The minimum atomic E-state index is -4.46. The lowest BCUT2D eigenvalue weighted by molar-refractivity contribution is -0.137. The summed E-state index contributed by atoms with van der Waals surface area (Å²) in [6.07, 6.45) is -1.16. The van der Waals surface area contributed by atoms with Gasteiger partial charge in [0.2, 0.25) is 5.91 Å². The monoisotopic (exact) mass is 314 g/mol. The zero-order valence-corrected chi connectivity index (χ0v) is 11.8.